The van der Waals surface area contributed by atoms with E-state index in [0.717, 1.165) is 0 Å². The van der Waals surface area contributed by atoms with E-state index >= 15 is 0 Å². The minimum Gasteiger partial charge on any atom is -0.481 e. The third kappa shape index (κ3) is 2.37. The van der Waals surface area contributed by atoms with E-state index in [1.807, 2.05) is 0 Å². The van der Waals surface area contributed by atoms with Crippen LogP contribution in [-0.2, 0) is 4.79 Å². The fraction of sp³-hybridized carbons (Fsp3) is 0.875. The fourth-order valence-electron chi connectivity index (χ4n) is 1.35. The van der Waals surface area contributed by atoms with Crippen LogP contribution in [0.3, 0.4) is 0 Å². The average molecular weight is 214 g/mol. The lowest BCUT2D eigenvalue weighted by atomic mass is 9.80. The molecular weight excluding hydrogens is 201 g/mol. The van der Waals surface area contributed by atoms with Gasteiger partial charge in [-0.25, -0.2) is 0 Å². The first kappa shape index (κ1) is 13.2. The summed E-state index contributed by atoms with van der Waals surface area (Å²) in [5.41, 5.74) is -3.20. The summed E-state index contributed by atoms with van der Waals surface area (Å²) in [6.45, 7) is 3.11. The minimum atomic E-state index is -4.94. The molecule has 0 radical (unpaired) electrons. The second-order valence-corrected chi connectivity index (χ2v) is 3.71. The second-order valence-electron chi connectivity index (χ2n) is 3.71. The van der Waals surface area contributed by atoms with E-state index in [4.69, 9.17) is 10.2 Å². The van der Waals surface area contributed by atoms with Crippen molar-refractivity contribution in [2.75, 3.05) is 0 Å². The first-order chi connectivity index (χ1) is 6.01. The van der Waals surface area contributed by atoms with Crippen molar-refractivity contribution >= 4 is 5.97 Å². The Labute approximate surface area is 79.5 Å². The molecule has 0 fully saturated rings. The normalized spacial score (nSPS) is 19.1. The lowest BCUT2D eigenvalue weighted by Crippen LogP contribution is -2.53. The van der Waals surface area contributed by atoms with E-state index in [-0.39, 0.29) is 0 Å². The zero-order chi connectivity index (χ0) is 11.7. The van der Waals surface area contributed by atoms with Gasteiger partial charge in [-0.05, 0) is 12.8 Å². The van der Waals surface area contributed by atoms with Gasteiger partial charge in [-0.15, -0.1) is 0 Å². The smallest absolute Gasteiger partial charge is 0.417 e. The van der Waals surface area contributed by atoms with Crippen molar-refractivity contribution in [2.24, 2.45) is 11.8 Å². The van der Waals surface area contributed by atoms with Crippen LogP contribution in [0.1, 0.15) is 20.8 Å². The van der Waals surface area contributed by atoms with Gasteiger partial charge >= 0.3 is 12.1 Å². The van der Waals surface area contributed by atoms with Crippen LogP contribution in [0.4, 0.5) is 13.2 Å². The number of rotatable bonds is 3. The first-order valence-corrected chi connectivity index (χ1v) is 4.03. The molecule has 0 aliphatic heterocycles. The van der Waals surface area contributed by atoms with Gasteiger partial charge < -0.3 is 10.2 Å². The highest BCUT2D eigenvalue weighted by atomic mass is 19.4. The molecule has 2 N–H and O–H groups in total. The van der Waals surface area contributed by atoms with Crippen molar-refractivity contribution in [3.63, 3.8) is 0 Å². The van der Waals surface area contributed by atoms with Gasteiger partial charge in [-0.3, -0.25) is 4.79 Å². The van der Waals surface area contributed by atoms with Crippen molar-refractivity contribution in [3.05, 3.63) is 0 Å². The zero-order valence-corrected chi connectivity index (χ0v) is 8.09. The molecular formula is C8H13F3O3. The Morgan fingerprint density at radius 3 is 1.71 bits per heavy atom. The summed E-state index contributed by atoms with van der Waals surface area (Å²) in [5.74, 6) is -4.31. The van der Waals surface area contributed by atoms with Crippen LogP contribution < -0.4 is 0 Å². The fourth-order valence-corrected chi connectivity index (χ4v) is 1.35. The van der Waals surface area contributed by atoms with E-state index in [1.54, 1.807) is 0 Å². The molecule has 0 saturated carbocycles. The lowest BCUT2D eigenvalue weighted by Gasteiger charge is -2.34. The van der Waals surface area contributed by atoms with Crippen molar-refractivity contribution in [3.8, 4) is 0 Å². The number of carboxylic acid groups (broad SMARTS) is 1. The first-order valence-electron chi connectivity index (χ1n) is 4.03. The van der Waals surface area contributed by atoms with E-state index in [2.05, 4.69) is 0 Å². The maximum atomic E-state index is 12.3. The quantitative estimate of drug-likeness (QED) is 0.751. The Morgan fingerprint density at radius 2 is 1.64 bits per heavy atom. The Kier molecular flexibility index (Phi) is 3.55. The molecule has 0 aromatic carbocycles. The molecule has 0 bridgehead atoms. The Hall–Kier alpha value is -0.780. The maximum absolute atomic E-state index is 12.3. The minimum absolute atomic E-state index is 0.478. The molecule has 2 unspecified atom stereocenters. The molecule has 3 nitrogen and oxygen atoms in total. The topological polar surface area (TPSA) is 57.5 Å². The van der Waals surface area contributed by atoms with Gasteiger partial charge in [0.2, 0.25) is 0 Å². The van der Waals surface area contributed by atoms with Crippen molar-refractivity contribution < 1.29 is 28.2 Å². The molecule has 14 heavy (non-hydrogen) atoms. The van der Waals surface area contributed by atoms with Gasteiger partial charge in [-0.1, -0.05) is 13.8 Å². The summed E-state index contributed by atoms with van der Waals surface area (Å²) < 4.78 is 36.9. The van der Waals surface area contributed by atoms with Crippen LogP contribution in [0.15, 0.2) is 0 Å². The van der Waals surface area contributed by atoms with Crippen LogP contribution in [0.5, 0.6) is 0 Å². The molecule has 84 valence electrons. The molecule has 0 aromatic rings. The second kappa shape index (κ2) is 3.76. The van der Waals surface area contributed by atoms with Crippen molar-refractivity contribution in [1.29, 1.82) is 0 Å². The number of alkyl halides is 3. The number of hydrogen-bond acceptors (Lipinski definition) is 2. The monoisotopic (exact) mass is 214 g/mol. The zero-order valence-electron chi connectivity index (χ0n) is 8.09. The van der Waals surface area contributed by atoms with Gasteiger partial charge in [0.1, 0.15) is 0 Å². The van der Waals surface area contributed by atoms with Gasteiger partial charge in [0.15, 0.2) is 5.60 Å². The van der Waals surface area contributed by atoms with Crippen LogP contribution in [0.2, 0.25) is 0 Å². The summed E-state index contributed by atoms with van der Waals surface area (Å²) >= 11 is 0. The molecule has 0 rings (SSSR count). The van der Waals surface area contributed by atoms with Crippen molar-refractivity contribution in [1.82, 2.24) is 0 Å². The molecule has 0 aliphatic carbocycles. The Morgan fingerprint density at radius 1 is 1.29 bits per heavy atom. The highest BCUT2D eigenvalue weighted by Gasteiger charge is 2.58. The summed E-state index contributed by atoms with van der Waals surface area (Å²) in [5, 5.41) is 17.7. The summed E-state index contributed by atoms with van der Waals surface area (Å²) in [6, 6.07) is 0. The van der Waals surface area contributed by atoms with Crippen LogP contribution in [0.25, 0.3) is 0 Å². The van der Waals surface area contributed by atoms with E-state index in [9.17, 15) is 18.0 Å². The summed E-state index contributed by atoms with van der Waals surface area (Å²) in [4.78, 5) is 10.6. The third-order valence-electron chi connectivity index (χ3n) is 2.11. The Balaban J connectivity index is 5.11. The summed E-state index contributed by atoms with van der Waals surface area (Å²) in [6.07, 6.45) is -4.94. The number of carboxylic acids is 1. The van der Waals surface area contributed by atoms with E-state index in [0.29, 0.717) is 6.92 Å². The molecule has 0 amide bonds. The maximum Gasteiger partial charge on any atom is 0.417 e. The van der Waals surface area contributed by atoms with E-state index < -0.39 is 29.6 Å². The lowest BCUT2D eigenvalue weighted by molar-refractivity contribution is -0.276. The standard InChI is InChI=1S/C8H13F3O3/c1-4(2)5(6(12)13)7(3,14)8(9,10)11/h4-5,14H,1-3H3,(H,12,13). The SMILES string of the molecule is CC(C)C(C(=O)O)C(C)(O)C(F)(F)F. The molecule has 0 heterocycles. The molecule has 0 spiro atoms. The predicted molar refractivity (Wildman–Crippen MR) is 42.6 cm³/mol. The molecule has 0 saturated heterocycles. The molecule has 6 heteroatoms. The number of aliphatic hydroxyl groups is 1. The van der Waals surface area contributed by atoms with Gasteiger partial charge in [0, 0.05) is 0 Å². The average Bonchev–Trinajstić information content (AvgIpc) is 1.79. The van der Waals surface area contributed by atoms with E-state index in [1.165, 1.54) is 13.8 Å². The largest absolute Gasteiger partial charge is 0.481 e. The van der Waals surface area contributed by atoms with Crippen LogP contribution in [-0.4, -0.2) is 28.0 Å². The predicted octanol–water partition coefficient (Wildman–Crippen LogP) is 1.66. The number of carbonyl (C=O) groups is 1. The highest BCUT2D eigenvalue weighted by Crippen LogP contribution is 2.39. The number of halogens is 3. The van der Waals surface area contributed by atoms with Crippen LogP contribution >= 0.6 is 0 Å². The third-order valence-corrected chi connectivity index (χ3v) is 2.11. The van der Waals surface area contributed by atoms with Gasteiger partial charge in [0.05, 0.1) is 5.92 Å². The Bertz CT molecular complexity index is 220. The van der Waals surface area contributed by atoms with Gasteiger partial charge in [0.25, 0.3) is 0 Å². The van der Waals surface area contributed by atoms with Crippen molar-refractivity contribution in [2.45, 2.75) is 32.5 Å². The number of aliphatic carboxylic acids is 1. The molecule has 0 aliphatic rings. The summed E-state index contributed by atoms with van der Waals surface area (Å²) in [7, 11) is 0. The highest BCUT2D eigenvalue weighted by molar-refractivity contribution is 5.72. The number of hydrogen-bond donors (Lipinski definition) is 2. The van der Waals surface area contributed by atoms with Gasteiger partial charge in [-0.2, -0.15) is 13.2 Å². The molecule has 0 aromatic heterocycles. The molecule has 2 atom stereocenters. The van der Waals surface area contributed by atoms with Crippen LogP contribution in [0, 0.1) is 11.8 Å².